The zero-order chi connectivity index (χ0) is 16.4. The number of aromatic hydroxyl groups is 1. The minimum absolute atomic E-state index is 0.0168. The van der Waals surface area contributed by atoms with Gasteiger partial charge in [0.15, 0.2) is 11.5 Å². The first kappa shape index (κ1) is 15.2. The lowest BCUT2D eigenvalue weighted by atomic mass is 10.1. The first-order chi connectivity index (χ1) is 11.0. The number of phenols is 1. The molecule has 2 aromatic carbocycles. The van der Waals surface area contributed by atoms with Crippen molar-refractivity contribution in [2.45, 2.75) is 19.9 Å². The Kier molecular flexibility index (Phi) is 4.10. The molecule has 2 aromatic rings. The molecule has 0 bridgehead atoms. The van der Waals surface area contributed by atoms with Crippen molar-refractivity contribution in [3.8, 4) is 17.2 Å². The molecule has 1 atom stereocenters. The van der Waals surface area contributed by atoms with Gasteiger partial charge in [-0.25, -0.2) is 0 Å². The summed E-state index contributed by atoms with van der Waals surface area (Å²) >= 11 is 0. The third-order valence-electron chi connectivity index (χ3n) is 3.81. The normalized spacial score (nSPS) is 14.2. The van der Waals surface area contributed by atoms with E-state index in [1.54, 1.807) is 18.2 Å². The number of rotatable bonds is 3. The average molecular weight is 313 g/mol. The lowest BCUT2D eigenvalue weighted by molar-refractivity contribution is 0.0937. The van der Waals surface area contributed by atoms with E-state index in [0.717, 1.165) is 16.9 Å². The number of phenolic OH excluding ortho intramolecular Hbond substituents is 1. The van der Waals surface area contributed by atoms with Crippen molar-refractivity contribution in [1.82, 2.24) is 5.32 Å². The second kappa shape index (κ2) is 6.20. The van der Waals surface area contributed by atoms with Crippen LogP contribution in [0.3, 0.4) is 0 Å². The fourth-order valence-electron chi connectivity index (χ4n) is 2.52. The number of aryl methyl sites for hydroxylation is 1. The number of fused-ring (bicyclic) bond motifs is 1. The van der Waals surface area contributed by atoms with Crippen molar-refractivity contribution in [3.05, 3.63) is 53.1 Å². The van der Waals surface area contributed by atoms with Crippen LogP contribution in [0.4, 0.5) is 0 Å². The fraction of sp³-hybridized carbons (Fsp3) is 0.278. The van der Waals surface area contributed by atoms with Crippen LogP contribution >= 0.6 is 0 Å². The quantitative estimate of drug-likeness (QED) is 0.914. The number of benzene rings is 2. The predicted molar refractivity (Wildman–Crippen MR) is 86.2 cm³/mol. The molecule has 0 radical (unpaired) electrons. The molecular formula is C18H19NO4. The Morgan fingerprint density at radius 1 is 1.13 bits per heavy atom. The third kappa shape index (κ3) is 3.23. The highest BCUT2D eigenvalue weighted by Gasteiger charge is 2.17. The maximum absolute atomic E-state index is 12.3. The van der Waals surface area contributed by atoms with E-state index in [4.69, 9.17) is 9.47 Å². The van der Waals surface area contributed by atoms with Crippen molar-refractivity contribution in [1.29, 1.82) is 0 Å². The first-order valence-corrected chi connectivity index (χ1v) is 7.54. The highest BCUT2D eigenvalue weighted by atomic mass is 16.6. The minimum atomic E-state index is -0.315. The Morgan fingerprint density at radius 3 is 2.61 bits per heavy atom. The number of carbonyl (C=O) groups excluding carboxylic acids is 1. The highest BCUT2D eigenvalue weighted by molar-refractivity contribution is 5.97. The summed E-state index contributed by atoms with van der Waals surface area (Å²) in [5.74, 6) is 1.07. The molecule has 0 aliphatic carbocycles. The van der Waals surface area contributed by atoms with Crippen molar-refractivity contribution in [2.75, 3.05) is 13.2 Å². The molecule has 1 amide bonds. The standard InChI is InChI=1S/C18H19NO4/c1-11-3-5-14(15(20)9-11)18(21)19-12(2)13-4-6-16-17(10-13)23-8-7-22-16/h3-6,9-10,12,20H,7-8H2,1-2H3,(H,19,21). The molecule has 0 spiro atoms. The molecule has 120 valence electrons. The molecule has 0 fully saturated rings. The SMILES string of the molecule is Cc1ccc(C(=O)NC(C)c2ccc3c(c2)OCCO3)c(O)c1. The zero-order valence-electron chi connectivity index (χ0n) is 13.1. The van der Waals surface area contributed by atoms with Crippen LogP contribution < -0.4 is 14.8 Å². The lowest BCUT2D eigenvalue weighted by Gasteiger charge is -2.21. The number of nitrogens with one attached hydrogen (secondary N) is 1. The smallest absolute Gasteiger partial charge is 0.255 e. The van der Waals surface area contributed by atoms with E-state index in [2.05, 4.69) is 5.32 Å². The van der Waals surface area contributed by atoms with E-state index in [-0.39, 0.29) is 23.3 Å². The molecule has 1 aliphatic heterocycles. The van der Waals surface area contributed by atoms with E-state index in [1.165, 1.54) is 0 Å². The van der Waals surface area contributed by atoms with E-state index in [1.807, 2.05) is 32.0 Å². The van der Waals surface area contributed by atoms with Gasteiger partial charge in [-0.2, -0.15) is 0 Å². The number of hydrogen-bond donors (Lipinski definition) is 2. The molecule has 0 aromatic heterocycles. The van der Waals surface area contributed by atoms with Gasteiger partial charge in [-0.3, -0.25) is 4.79 Å². The monoisotopic (exact) mass is 313 g/mol. The van der Waals surface area contributed by atoms with Crippen molar-refractivity contribution in [2.24, 2.45) is 0 Å². The largest absolute Gasteiger partial charge is 0.507 e. The summed E-state index contributed by atoms with van der Waals surface area (Å²) in [5, 5.41) is 12.8. The summed E-state index contributed by atoms with van der Waals surface area (Å²) in [4.78, 5) is 12.3. The van der Waals surface area contributed by atoms with Gasteiger partial charge < -0.3 is 19.9 Å². The van der Waals surface area contributed by atoms with Crippen LogP contribution in [0.25, 0.3) is 0 Å². The van der Waals surface area contributed by atoms with Gasteiger partial charge in [0.05, 0.1) is 11.6 Å². The average Bonchev–Trinajstić information content (AvgIpc) is 2.54. The summed E-state index contributed by atoms with van der Waals surface area (Å²) < 4.78 is 11.0. The maximum Gasteiger partial charge on any atom is 0.255 e. The summed E-state index contributed by atoms with van der Waals surface area (Å²) in [6, 6.07) is 10.4. The van der Waals surface area contributed by atoms with Crippen LogP contribution in [-0.4, -0.2) is 24.2 Å². The predicted octanol–water partition coefficient (Wildman–Crippen LogP) is 2.96. The minimum Gasteiger partial charge on any atom is -0.507 e. The van der Waals surface area contributed by atoms with Crippen LogP contribution in [-0.2, 0) is 0 Å². The van der Waals surface area contributed by atoms with Crippen molar-refractivity contribution >= 4 is 5.91 Å². The van der Waals surface area contributed by atoms with Gasteiger partial charge in [0.25, 0.3) is 5.91 Å². The van der Waals surface area contributed by atoms with Crippen LogP contribution in [0.15, 0.2) is 36.4 Å². The Morgan fingerprint density at radius 2 is 1.87 bits per heavy atom. The Labute approximate surface area is 134 Å². The highest BCUT2D eigenvalue weighted by Crippen LogP contribution is 2.32. The molecule has 3 rings (SSSR count). The maximum atomic E-state index is 12.3. The van der Waals surface area contributed by atoms with Crippen LogP contribution in [0.2, 0.25) is 0 Å². The molecule has 5 nitrogen and oxygen atoms in total. The molecule has 0 saturated carbocycles. The Bertz CT molecular complexity index is 742. The number of carbonyl (C=O) groups is 1. The summed E-state index contributed by atoms with van der Waals surface area (Å²) in [6.07, 6.45) is 0. The van der Waals surface area contributed by atoms with Crippen LogP contribution in [0.1, 0.15) is 34.5 Å². The van der Waals surface area contributed by atoms with Gasteiger partial charge in [0, 0.05) is 0 Å². The van der Waals surface area contributed by atoms with Crippen LogP contribution in [0, 0.1) is 6.92 Å². The second-order valence-corrected chi connectivity index (χ2v) is 5.62. The molecule has 23 heavy (non-hydrogen) atoms. The molecule has 1 heterocycles. The third-order valence-corrected chi connectivity index (χ3v) is 3.81. The van der Waals surface area contributed by atoms with E-state index >= 15 is 0 Å². The number of ether oxygens (including phenoxy) is 2. The topological polar surface area (TPSA) is 67.8 Å². The van der Waals surface area contributed by atoms with Crippen LogP contribution in [0.5, 0.6) is 17.2 Å². The molecular weight excluding hydrogens is 294 g/mol. The zero-order valence-corrected chi connectivity index (χ0v) is 13.1. The lowest BCUT2D eigenvalue weighted by Crippen LogP contribution is -2.27. The van der Waals surface area contributed by atoms with Crippen molar-refractivity contribution < 1.29 is 19.4 Å². The molecule has 2 N–H and O–H groups in total. The molecule has 1 unspecified atom stereocenters. The Hall–Kier alpha value is -2.69. The molecule has 0 saturated heterocycles. The van der Waals surface area contributed by atoms with Gasteiger partial charge in [0.1, 0.15) is 19.0 Å². The van der Waals surface area contributed by atoms with Gasteiger partial charge >= 0.3 is 0 Å². The molecule has 5 heteroatoms. The Balaban J connectivity index is 1.76. The fourth-order valence-corrected chi connectivity index (χ4v) is 2.52. The van der Waals surface area contributed by atoms with E-state index < -0.39 is 0 Å². The van der Waals surface area contributed by atoms with Gasteiger partial charge in [-0.15, -0.1) is 0 Å². The van der Waals surface area contributed by atoms with Gasteiger partial charge in [-0.1, -0.05) is 12.1 Å². The number of hydrogen-bond acceptors (Lipinski definition) is 4. The summed E-state index contributed by atoms with van der Waals surface area (Å²) in [7, 11) is 0. The summed E-state index contributed by atoms with van der Waals surface area (Å²) in [5.41, 5.74) is 2.08. The first-order valence-electron chi connectivity index (χ1n) is 7.54. The van der Waals surface area contributed by atoms with Gasteiger partial charge in [0.2, 0.25) is 0 Å². The summed E-state index contributed by atoms with van der Waals surface area (Å²) in [6.45, 7) is 4.81. The second-order valence-electron chi connectivity index (χ2n) is 5.62. The van der Waals surface area contributed by atoms with Crippen molar-refractivity contribution in [3.63, 3.8) is 0 Å². The molecule has 1 aliphatic rings. The van der Waals surface area contributed by atoms with Gasteiger partial charge in [-0.05, 0) is 49.2 Å². The van der Waals surface area contributed by atoms with E-state index in [0.29, 0.717) is 19.0 Å². The van der Waals surface area contributed by atoms with E-state index in [9.17, 15) is 9.90 Å². The number of amides is 1.